The molecule has 2 rings (SSSR count). The van der Waals surface area contributed by atoms with Crippen LogP contribution >= 0.6 is 0 Å². The molecule has 0 saturated heterocycles. The summed E-state index contributed by atoms with van der Waals surface area (Å²) in [5.74, 6) is -0.0376. The fourth-order valence-corrected chi connectivity index (χ4v) is 2.07. The van der Waals surface area contributed by atoms with E-state index >= 15 is 0 Å². The van der Waals surface area contributed by atoms with E-state index in [1.165, 1.54) is 0 Å². The van der Waals surface area contributed by atoms with Crippen molar-refractivity contribution in [1.29, 1.82) is 0 Å². The Bertz CT molecular complexity index is 729. The Morgan fingerprint density at radius 3 is 2.24 bits per heavy atom. The largest absolute Gasteiger partial charge is 0.490 e. The van der Waals surface area contributed by atoms with Crippen molar-refractivity contribution in [3.63, 3.8) is 0 Å². The van der Waals surface area contributed by atoms with Gasteiger partial charge in [0.25, 0.3) is 5.91 Å². The standard InChI is InChI=1S/C19H21NO5/c1-3-23-16-10-6-7-11-17(16)24-13-19(22)25-12-18(21)20-15-9-5-4-8-14(15)2/h4-11H,3,12-13H2,1-2H3,(H,20,21). The molecule has 0 atom stereocenters. The second-order valence-electron chi connectivity index (χ2n) is 5.19. The van der Waals surface area contributed by atoms with Crippen LogP contribution in [-0.2, 0) is 14.3 Å². The zero-order valence-electron chi connectivity index (χ0n) is 14.3. The molecule has 0 radical (unpaired) electrons. The summed E-state index contributed by atoms with van der Waals surface area (Å²) in [5, 5.41) is 2.69. The lowest BCUT2D eigenvalue weighted by molar-refractivity contribution is -0.149. The van der Waals surface area contributed by atoms with Gasteiger partial charge in [-0.05, 0) is 37.6 Å². The van der Waals surface area contributed by atoms with Gasteiger partial charge in [-0.3, -0.25) is 4.79 Å². The van der Waals surface area contributed by atoms with E-state index < -0.39 is 11.9 Å². The highest BCUT2D eigenvalue weighted by molar-refractivity contribution is 5.93. The van der Waals surface area contributed by atoms with Crippen LogP contribution in [0.1, 0.15) is 12.5 Å². The van der Waals surface area contributed by atoms with Crippen molar-refractivity contribution in [2.24, 2.45) is 0 Å². The van der Waals surface area contributed by atoms with Crippen molar-refractivity contribution in [2.45, 2.75) is 13.8 Å². The molecule has 132 valence electrons. The molecule has 1 amide bonds. The quantitative estimate of drug-likeness (QED) is 0.746. The molecule has 0 aliphatic carbocycles. The van der Waals surface area contributed by atoms with Crippen molar-refractivity contribution < 1.29 is 23.8 Å². The molecule has 2 aromatic rings. The first-order valence-corrected chi connectivity index (χ1v) is 7.96. The molecule has 0 saturated carbocycles. The average Bonchev–Trinajstić information content (AvgIpc) is 2.61. The summed E-state index contributed by atoms with van der Waals surface area (Å²) < 4.78 is 15.7. The van der Waals surface area contributed by atoms with Crippen molar-refractivity contribution >= 4 is 17.6 Å². The van der Waals surface area contributed by atoms with Crippen LogP contribution in [0.4, 0.5) is 5.69 Å². The maximum Gasteiger partial charge on any atom is 0.344 e. The highest BCUT2D eigenvalue weighted by Crippen LogP contribution is 2.26. The Kier molecular flexibility index (Phi) is 6.83. The van der Waals surface area contributed by atoms with Crippen molar-refractivity contribution in [2.75, 3.05) is 25.1 Å². The number of rotatable bonds is 8. The van der Waals surface area contributed by atoms with E-state index in [1.807, 2.05) is 38.1 Å². The minimum absolute atomic E-state index is 0.304. The Balaban J connectivity index is 1.77. The Morgan fingerprint density at radius 2 is 1.56 bits per heavy atom. The fourth-order valence-electron chi connectivity index (χ4n) is 2.07. The first-order chi connectivity index (χ1) is 12.1. The highest BCUT2D eigenvalue weighted by Gasteiger charge is 2.11. The van der Waals surface area contributed by atoms with E-state index in [9.17, 15) is 9.59 Å². The number of ether oxygens (including phenoxy) is 3. The third kappa shape index (κ3) is 5.84. The van der Waals surface area contributed by atoms with Crippen LogP contribution in [0.3, 0.4) is 0 Å². The van der Waals surface area contributed by atoms with E-state index in [2.05, 4.69) is 5.32 Å². The zero-order chi connectivity index (χ0) is 18.1. The van der Waals surface area contributed by atoms with Crippen LogP contribution in [0.2, 0.25) is 0 Å². The van der Waals surface area contributed by atoms with E-state index in [0.717, 1.165) is 5.56 Å². The number of aryl methyl sites for hydroxylation is 1. The van der Waals surface area contributed by atoms with Crippen LogP contribution in [0, 0.1) is 6.92 Å². The fraction of sp³-hybridized carbons (Fsp3) is 0.263. The topological polar surface area (TPSA) is 73.9 Å². The van der Waals surface area contributed by atoms with Gasteiger partial charge in [0, 0.05) is 5.69 Å². The smallest absolute Gasteiger partial charge is 0.344 e. The van der Waals surface area contributed by atoms with Gasteiger partial charge in [-0.2, -0.15) is 0 Å². The molecule has 6 nitrogen and oxygen atoms in total. The first kappa shape index (κ1) is 18.3. The number of amides is 1. The Morgan fingerprint density at radius 1 is 0.920 bits per heavy atom. The molecular weight excluding hydrogens is 322 g/mol. The third-order valence-electron chi connectivity index (χ3n) is 3.28. The normalized spacial score (nSPS) is 10.0. The van der Waals surface area contributed by atoms with Gasteiger partial charge < -0.3 is 19.5 Å². The second kappa shape index (κ2) is 9.32. The molecule has 0 heterocycles. The summed E-state index contributed by atoms with van der Waals surface area (Å²) in [4.78, 5) is 23.6. The lowest BCUT2D eigenvalue weighted by Gasteiger charge is -2.11. The monoisotopic (exact) mass is 343 g/mol. The Labute approximate surface area is 146 Å². The number of esters is 1. The Hall–Kier alpha value is -3.02. The molecule has 0 aromatic heterocycles. The van der Waals surface area contributed by atoms with Crippen LogP contribution in [0.25, 0.3) is 0 Å². The van der Waals surface area contributed by atoms with Crippen molar-refractivity contribution in [1.82, 2.24) is 0 Å². The number of para-hydroxylation sites is 3. The minimum Gasteiger partial charge on any atom is -0.490 e. The molecule has 0 bridgehead atoms. The van der Waals surface area contributed by atoms with Gasteiger partial charge >= 0.3 is 5.97 Å². The molecule has 6 heteroatoms. The number of hydrogen-bond donors (Lipinski definition) is 1. The predicted molar refractivity (Wildman–Crippen MR) is 93.9 cm³/mol. The molecule has 0 fully saturated rings. The van der Waals surface area contributed by atoms with Crippen LogP contribution in [0.15, 0.2) is 48.5 Å². The van der Waals surface area contributed by atoms with Crippen LogP contribution < -0.4 is 14.8 Å². The molecule has 25 heavy (non-hydrogen) atoms. The average molecular weight is 343 g/mol. The van der Waals surface area contributed by atoms with Gasteiger partial charge in [0.2, 0.25) is 0 Å². The molecule has 0 aliphatic rings. The van der Waals surface area contributed by atoms with Gasteiger partial charge in [-0.25, -0.2) is 4.79 Å². The summed E-state index contributed by atoms with van der Waals surface area (Å²) in [7, 11) is 0. The lowest BCUT2D eigenvalue weighted by Crippen LogP contribution is -2.24. The SMILES string of the molecule is CCOc1ccccc1OCC(=O)OCC(=O)Nc1ccccc1C. The highest BCUT2D eigenvalue weighted by atomic mass is 16.6. The number of carbonyl (C=O) groups is 2. The number of benzene rings is 2. The number of anilines is 1. The van der Waals surface area contributed by atoms with Crippen LogP contribution in [-0.4, -0.2) is 31.7 Å². The molecule has 1 N–H and O–H groups in total. The number of nitrogens with one attached hydrogen (secondary N) is 1. The van der Waals surface area contributed by atoms with E-state index in [-0.39, 0.29) is 13.2 Å². The molecule has 0 spiro atoms. The van der Waals surface area contributed by atoms with Crippen LogP contribution in [0.5, 0.6) is 11.5 Å². The summed E-state index contributed by atoms with van der Waals surface area (Å²) >= 11 is 0. The van der Waals surface area contributed by atoms with Crippen molar-refractivity contribution in [3.05, 3.63) is 54.1 Å². The third-order valence-corrected chi connectivity index (χ3v) is 3.28. The van der Waals surface area contributed by atoms with Gasteiger partial charge in [-0.15, -0.1) is 0 Å². The summed E-state index contributed by atoms with van der Waals surface area (Å²) in [6.07, 6.45) is 0. The summed E-state index contributed by atoms with van der Waals surface area (Å²) in [6.45, 7) is 3.55. The molecule has 0 aliphatic heterocycles. The van der Waals surface area contributed by atoms with Gasteiger partial charge in [0.05, 0.1) is 6.61 Å². The summed E-state index contributed by atoms with van der Waals surface area (Å²) in [5.41, 5.74) is 1.61. The number of carbonyl (C=O) groups excluding carboxylic acids is 2. The molecule has 2 aromatic carbocycles. The van der Waals surface area contributed by atoms with E-state index in [1.54, 1.807) is 24.3 Å². The maximum absolute atomic E-state index is 11.8. The van der Waals surface area contributed by atoms with E-state index in [4.69, 9.17) is 14.2 Å². The maximum atomic E-state index is 11.8. The van der Waals surface area contributed by atoms with Gasteiger partial charge in [-0.1, -0.05) is 30.3 Å². The predicted octanol–water partition coefficient (Wildman–Crippen LogP) is 2.95. The second-order valence-corrected chi connectivity index (χ2v) is 5.19. The first-order valence-electron chi connectivity index (χ1n) is 7.96. The van der Waals surface area contributed by atoms with Gasteiger partial charge in [0.1, 0.15) is 0 Å². The zero-order valence-corrected chi connectivity index (χ0v) is 14.3. The molecular formula is C19H21NO5. The van der Waals surface area contributed by atoms with Crippen molar-refractivity contribution in [3.8, 4) is 11.5 Å². The number of hydrogen-bond acceptors (Lipinski definition) is 5. The summed E-state index contributed by atoms with van der Waals surface area (Å²) in [6, 6.07) is 14.4. The van der Waals surface area contributed by atoms with Gasteiger partial charge in [0.15, 0.2) is 24.7 Å². The van der Waals surface area contributed by atoms with E-state index in [0.29, 0.717) is 23.8 Å². The molecule has 0 unspecified atom stereocenters. The minimum atomic E-state index is -0.633. The lowest BCUT2D eigenvalue weighted by atomic mass is 10.2.